The summed E-state index contributed by atoms with van der Waals surface area (Å²) in [5.41, 5.74) is 0. The van der Waals surface area contributed by atoms with Crippen LogP contribution < -0.4 is 0 Å². The Balaban J connectivity index is 1.85. The molecule has 1 heterocycles. The fourth-order valence-corrected chi connectivity index (χ4v) is 2.03. The largest absolute Gasteiger partial charge is 0.302 e. The van der Waals surface area contributed by atoms with Crippen LogP contribution in [0.3, 0.4) is 0 Å². The third-order valence-corrected chi connectivity index (χ3v) is 3.01. The van der Waals surface area contributed by atoms with E-state index in [4.69, 9.17) is 0 Å². The monoisotopic (exact) mass is 167 g/mol. The SMILES string of the molecule is O=C[C@H]1CCCCN1CC1CC1. The molecule has 0 N–H and O–H groups in total. The number of carbonyl (C=O) groups excluding carboxylic acids is 1. The molecule has 0 aromatic carbocycles. The molecule has 0 aromatic heterocycles. The Hall–Kier alpha value is -0.370. The van der Waals surface area contributed by atoms with E-state index < -0.39 is 0 Å². The molecule has 2 aliphatic rings. The molecule has 2 rings (SSSR count). The predicted molar refractivity (Wildman–Crippen MR) is 48.0 cm³/mol. The maximum atomic E-state index is 10.7. The number of rotatable bonds is 3. The van der Waals surface area contributed by atoms with Gasteiger partial charge in [-0.3, -0.25) is 4.90 Å². The van der Waals surface area contributed by atoms with Crippen molar-refractivity contribution in [1.82, 2.24) is 4.90 Å². The van der Waals surface area contributed by atoms with Crippen LogP contribution in [0.5, 0.6) is 0 Å². The van der Waals surface area contributed by atoms with Gasteiger partial charge >= 0.3 is 0 Å². The Morgan fingerprint density at radius 2 is 2.08 bits per heavy atom. The fraction of sp³-hybridized carbons (Fsp3) is 0.900. The number of piperidine rings is 1. The summed E-state index contributed by atoms with van der Waals surface area (Å²) < 4.78 is 0. The van der Waals surface area contributed by atoms with Crippen LogP contribution in [-0.2, 0) is 4.79 Å². The molecule has 1 saturated carbocycles. The number of likely N-dealkylation sites (tertiary alicyclic amines) is 1. The van der Waals surface area contributed by atoms with E-state index in [0.717, 1.165) is 25.2 Å². The van der Waals surface area contributed by atoms with Crippen molar-refractivity contribution < 1.29 is 4.79 Å². The van der Waals surface area contributed by atoms with Crippen molar-refractivity contribution in [3.05, 3.63) is 0 Å². The smallest absolute Gasteiger partial charge is 0.137 e. The Bertz CT molecular complexity index is 165. The molecule has 1 aliphatic heterocycles. The molecule has 0 radical (unpaired) electrons. The highest BCUT2D eigenvalue weighted by atomic mass is 16.1. The number of hydrogen-bond donors (Lipinski definition) is 0. The molecular formula is C10H17NO. The highest BCUT2D eigenvalue weighted by molar-refractivity contribution is 5.57. The third kappa shape index (κ3) is 1.86. The van der Waals surface area contributed by atoms with E-state index in [1.807, 2.05) is 0 Å². The zero-order valence-corrected chi connectivity index (χ0v) is 7.54. The Morgan fingerprint density at radius 3 is 2.75 bits per heavy atom. The molecule has 1 atom stereocenters. The van der Waals surface area contributed by atoms with Crippen molar-refractivity contribution >= 4 is 6.29 Å². The molecule has 1 aliphatic carbocycles. The third-order valence-electron chi connectivity index (χ3n) is 3.01. The fourth-order valence-electron chi connectivity index (χ4n) is 2.03. The van der Waals surface area contributed by atoms with Gasteiger partial charge in [-0.2, -0.15) is 0 Å². The van der Waals surface area contributed by atoms with Gasteiger partial charge in [0.2, 0.25) is 0 Å². The van der Waals surface area contributed by atoms with Gasteiger partial charge in [0, 0.05) is 6.54 Å². The van der Waals surface area contributed by atoms with E-state index in [1.54, 1.807) is 0 Å². The quantitative estimate of drug-likeness (QED) is 0.593. The Labute approximate surface area is 73.9 Å². The lowest BCUT2D eigenvalue weighted by Crippen LogP contribution is -2.41. The van der Waals surface area contributed by atoms with Crippen LogP contribution in [-0.4, -0.2) is 30.3 Å². The lowest BCUT2D eigenvalue weighted by Gasteiger charge is -2.32. The van der Waals surface area contributed by atoms with E-state index in [2.05, 4.69) is 4.90 Å². The minimum Gasteiger partial charge on any atom is -0.302 e. The van der Waals surface area contributed by atoms with Crippen LogP contribution in [0.1, 0.15) is 32.1 Å². The second kappa shape index (κ2) is 3.56. The van der Waals surface area contributed by atoms with Gasteiger partial charge in [0.25, 0.3) is 0 Å². The molecule has 2 nitrogen and oxygen atoms in total. The van der Waals surface area contributed by atoms with Crippen LogP contribution in [0.4, 0.5) is 0 Å². The van der Waals surface area contributed by atoms with Gasteiger partial charge in [-0.15, -0.1) is 0 Å². The maximum absolute atomic E-state index is 10.7. The number of nitrogens with zero attached hydrogens (tertiary/aromatic N) is 1. The van der Waals surface area contributed by atoms with Gasteiger partial charge in [0.05, 0.1) is 6.04 Å². The zero-order chi connectivity index (χ0) is 8.39. The van der Waals surface area contributed by atoms with E-state index in [1.165, 1.54) is 32.2 Å². The van der Waals surface area contributed by atoms with Crippen molar-refractivity contribution in [2.75, 3.05) is 13.1 Å². The highest BCUT2D eigenvalue weighted by Gasteiger charge is 2.29. The van der Waals surface area contributed by atoms with Crippen molar-refractivity contribution in [3.63, 3.8) is 0 Å². The summed E-state index contributed by atoms with van der Waals surface area (Å²) in [6.45, 7) is 2.34. The van der Waals surface area contributed by atoms with Crippen LogP contribution in [0, 0.1) is 5.92 Å². The number of aldehydes is 1. The van der Waals surface area contributed by atoms with Gasteiger partial charge in [0.15, 0.2) is 0 Å². The molecular weight excluding hydrogens is 150 g/mol. The normalized spacial score (nSPS) is 31.8. The second-order valence-electron chi connectivity index (χ2n) is 4.14. The van der Waals surface area contributed by atoms with Gasteiger partial charge in [0.1, 0.15) is 6.29 Å². The molecule has 0 bridgehead atoms. The standard InChI is InChI=1S/C10H17NO/c12-8-10-3-1-2-6-11(10)7-9-4-5-9/h8-10H,1-7H2/t10-/m1/s1. The van der Waals surface area contributed by atoms with E-state index in [-0.39, 0.29) is 6.04 Å². The summed E-state index contributed by atoms with van der Waals surface area (Å²) in [6.07, 6.45) is 7.55. The van der Waals surface area contributed by atoms with Gasteiger partial charge in [-0.25, -0.2) is 0 Å². The molecule has 2 heteroatoms. The molecule has 68 valence electrons. The maximum Gasteiger partial charge on any atom is 0.137 e. The zero-order valence-electron chi connectivity index (χ0n) is 7.54. The first kappa shape index (κ1) is 8.24. The molecule has 0 unspecified atom stereocenters. The minimum atomic E-state index is 0.249. The molecule has 0 spiro atoms. The average Bonchev–Trinajstić information content (AvgIpc) is 2.89. The van der Waals surface area contributed by atoms with Crippen molar-refractivity contribution in [1.29, 1.82) is 0 Å². The van der Waals surface area contributed by atoms with E-state index in [9.17, 15) is 4.79 Å². The topological polar surface area (TPSA) is 20.3 Å². The lowest BCUT2D eigenvalue weighted by molar-refractivity contribution is -0.113. The van der Waals surface area contributed by atoms with E-state index in [0.29, 0.717) is 0 Å². The van der Waals surface area contributed by atoms with Gasteiger partial charge < -0.3 is 4.79 Å². The molecule has 2 fully saturated rings. The first-order chi connectivity index (χ1) is 5.90. The lowest BCUT2D eigenvalue weighted by atomic mass is 10.0. The summed E-state index contributed by atoms with van der Waals surface area (Å²) in [5.74, 6) is 0.922. The van der Waals surface area contributed by atoms with Gasteiger partial charge in [-0.05, 0) is 38.1 Å². The summed E-state index contributed by atoms with van der Waals surface area (Å²) in [5, 5.41) is 0. The van der Waals surface area contributed by atoms with Crippen LogP contribution in [0.2, 0.25) is 0 Å². The Kier molecular flexibility index (Phi) is 2.45. The average molecular weight is 167 g/mol. The predicted octanol–water partition coefficient (Wildman–Crippen LogP) is 1.45. The van der Waals surface area contributed by atoms with Crippen LogP contribution >= 0.6 is 0 Å². The molecule has 1 saturated heterocycles. The molecule has 0 amide bonds. The number of carbonyl (C=O) groups is 1. The summed E-state index contributed by atoms with van der Waals surface area (Å²) in [7, 11) is 0. The highest BCUT2D eigenvalue weighted by Crippen LogP contribution is 2.31. The van der Waals surface area contributed by atoms with Crippen LogP contribution in [0.25, 0.3) is 0 Å². The summed E-state index contributed by atoms with van der Waals surface area (Å²) in [6, 6.07) is 0.249. The summed E-state index contributed by atoms with van der Waals surface area (Å²) >= 11 is 0. The first-order valence-electron chi connectivity index (χ1n) is 5.09. The summed E-state index contributed by atoms with van der Waals surface area (Å²) in [4.78, 5) is 13.1. The van der Waals surface area contributed by atoms with Crippen LogP contribution in [0.15, 0.2) is 0 Å². The van der Waals surface area contributed by atoms with Crippen molar-refractivity contribution in [2.45, 2.75) is 38.1 Å². The van der Waals surface area contributed by atoms with Crippen molar-refractivity contribution in [2.24, 2.45) is 5.92 Å². The first-order valence-corrected chi connectivity index (χ1v) is 5.09. The van der Waals surface area contributed by atoms with Crippen molar-refractivity contribution in [3.8, 4) is 0 Å². The Morgan fingerprint density at radius 1 is 1.25 bits per heavy atom. The van der Waals surface area contributed by atoms with E-state index >= 15 is 0 Å². The minimum absolute atomic E-state index is 0.249. The molecule has 0 aromatic rings. The number of hydrogen-bond acceptors (Lipinski definition) is 2. The molecule has 12 heavy (non-hydrogen) atoms. The van der Waals surface area contributed by atoms with Gasteiger partial charge in [-0.1, -0.05) is 6.42 Å². The second-order valence-corrected chi connectivity index (χ2v) is 4.14.